The monoisotopic (exact) mass is 381 g/mol. The summed E-state index contributed by atoms with van der Waals surface area (Å²) >= 11 is 5.88. The molecule has 1 aliphatic heterocycles. The molecule has 0 amide bonds. The molecule has 2 aromatic heterocycles. The van der Waals surface area contributed by atoms with Crippen LogP contribution in [0, 0.1) is 23.4 Å². The third-order valence-electron chi connectivity index (χ3n) is 4.78. The highest BCUT2D eigenvalue weighted by Crippen LogP contribution is 2.40. The van der Waals surface area contributed by atoms with Crippen molar-refractivity contribution in [3.8, 4) is 11.3 Å². The van der Waals surface area contributed by atoms with Crippen molar-refractivity contribution in [2.75, 3.05) is 18.0 Å². The maximum Gasteiger partial charge on any atom is 0.252 e. The van der Waals surface area contributed by atoms with Gasteiger partial charge in [0.05, 0.1) is 11.3 Å². The molecule has 0 saturated carbocycles. The van der Waals surface area contributed by atoms with Crippen molar-refractivity contribution in [1.29, 1.82) is 0 Å². The van der Waals surface area contributed by atoms with Gasteiger partial charge in [-0.3, -0.25) is 0 Å². The molecule has 1 aromatic carbocycles. The van der Waals surface area contributed by atoms with E-state index in [1.54, 1.807) is 4.90 Å². The van der Waals surface area contributed by atoms with Crippen LogP contribution in [0.3, 0.4) is 0 Å². The third kappa shape index (κ3) is 2.59. The Bertz CT molecular complexity index is 982. The van der Waals surface area contributed by atoms with Gasteiger partial charge >= 0.3 is 0 Å². The summed E-state index contributed by atoms with van der Waals surface area (Å²) in [5, 5.41) is 3.20. The summed E-state index contributed by atoms with van der Waals surface area (Å²) in [4.78, 5) is 9.46. The number of fused-ring (bicyclic) bond motifs is 1. The maximum atomic E-state index is 15.3. The average Bonchev–Trinajstić information content (AvgIpc) is 3.11. The number of nitrogens with zero attached hydrogens (tertiary/aromatic N) is 5. The van der Waals surface area contributed by atoms with Gasteiger partial charge in [-0.15, -0.1) is 0 Å². The van der Waals surface area contributed by atoms with E-state index in [2.05, 4.69) is 22.0 Å². The van der Waals surface area contributed by atoms with E-state index < -0.39 is 28.0 Å². The molecular weight excluding hydrogens is 367 g/mol. The molecule has 1 saturated heterocycles. The molecule has 0 N–H and O–H groups in total. The minimum atomic E-state index is -1.17. The van der Waals surface area contributed by atoms with Gasteiger partial charge in [-0.2, -0.15) is 14.6 Å². The fourth-order valence-corrected chi connectivity index (χ4v) is 3.47. The fraction of sp³-hybridized carbons (Fsp3) is 0.353. The van der Waals surface area contributed by atoms with Gasteiger partial charge in [0.1, 0.15) is 17.0 Å². The number of benzene rings is 1. The predicted octanol–water partition coefficient (Wildman–Crippen LogP) is 4.10. The third-order valence-corrected chi connectivity index (χ3v) is 5.11. The molecule has 136 valence electrons. The molecule has 26 heavy (non-hydrogen) atoms. The van der Waals surface area contributed by atoms with E-state index in [0.29, 0.717) is 19.0 Å². The van der Waals surface area contributed by atoms with Crippen LogP contribution in [-0.4, -0.2) is 32.7 Å². The van der Waals surface area contributed by atoms with Crippen LogP contribution in [0.4, 0.5) is 18.9 Å². The Balaban J connectivity index is 1.94. The second kappa shape index (κ2) is 6.42. The molecule has 0 atom stereocenters. The van der Waals surface area contributed by atoms with Gasteiger partial charge in [0, 0.05) is 19.3 Å². The van der Waals surface area contributed by atoms with Crippen LogP contribution in [0.5, 0.6) is 0 Å². The van der Waals surface area contributed by atoms with Crippen LogP contribution in [0.2, 0.25) is 5.02 Å². The van der Waals surface area contributed by atoms with Gasteiger partial charge in [-0.05, 0) is 24.8 Å². The second-order valence-electron chi connectivity index (χ2n) is 6.45. The molecule has 9 heteroatoms. The number of aromatic nitrogens is 4. The zero-order valence-electron chi connectivity index (χ0n) is 13.9. The van der Waals surface area contributed by atoms with Crippen LogP contribution in [0.25, 0.3) is 17.0 Å². The summed E-state index contributed by atoms with van der Waals surface area (Å²) < 4.78 is 45.9. The van der Waals surface area contributed by atoms with Crippen molar-refractivity contribution < 1.29 is 13.2 Å². The Morgan fingerprint density at radius 1 is 1.08 bits per heavy atom. The van der Waals surface area contributed by atoms with Crippen LogP contribution >= 0.6 is 11.6 Å². The van der Waals surface area contributed by atoms with Crippen molar-refractivity contribution in [1.82, 2.24) is 19.6 Å². The van der Waals surface area contributed by atoms with E-state index in [1.165, 1.54) is 23.1 Å². The summed E-state index contributed by atoms with van der Waals surface area (Å²) in [5.41, 5.74) is -0.678. The quantitative estimate of drug-likeness (QED) is 0.495. The highest BCUT2D eigenvalue weighted by molar-refractivity contribution is 6.31. The fourth-order valence-electron chi connectivity index (χ4n) is 3.28. The minimum absolute atomic E-state index is 0.0658. The summed E-state index contributed by atoms with van der Waals surface area (Å²) in [6, 6.07) is 1.39. The normalized spacial score (nSPS) is 15.8. The molecule has 0 radical (unpaired) electrons. The molecule has 0 bridgehead atoms. The van der Waals surface area contributed by atoms with Gasteiger partial charge in [-0.1, -0.05) is 18.5 Å². The van der Waals surface area contributed by atoms with Crippen molar-refractivity contribution in [3.63, 3.8) is 0 Å². The standard InChI is InChI=1S/C17H15ClF3N5/c1-9-3-6-25(7-4-9)16-14(20)11(13(19)12(18)15(16)21)10-2-5-22-17-23-8-24-26(10)17/h2,5,8-9H,3-4,6-7H2,1H3. The summed E-state index contributed by atoms with van der Waals surface area (Å²) in [7, 11) is 0. The minimum Gasteiger partial charge on any atom is -0.367 e. The first-order valence-corrected chi connectivity index (χ1v) is 8.62. The average molecular weight is 382 g/mol. The van der Waals surface area contributed by atoms with Crippen LogP contribution in [-0.2, 0) is 0 Å². The number of hydrogen-bond acceptors (Lipinski definition) is 4. The topological polar surface area (TPSA) is 46.3 Å². The van der Waals surface area contributed by atoms with Crippen molar-refractivity contribution >= 4 is 23.1 Å². The lowest BCUT2D eigenvalue weighted by molar-refractivity contribution is 0.428. The van der Waals surface area contributed by atoms with E-state index in [1.807, 2.05) is 0 Å². The van der Waals surface area contributed by atoms with Gasteiger partial charge in [0.15, 0.2) is 17.5 Å². The Labute approximate surface area is 152 Å². The molecule has 1 aliphatic rings. The van der Waals surface area contributed by atoms with Crippen LogP contribution in [0.15, 0.2) is 18.6 Å². The lowest BCUT2D eigenvalue weighted by Crippen LogP contribution is -2.34. The van der Waals surface area contributed by atoms with Crippen molar-refractivity contribution in [2.24, 2.45) is 5.92 Å². The van der Waals surface area contributed by atoms with E-state index in [-0.39, 0.29) is 17.2 Å². The Morgan fingerprint density at radius 3 is 2.54 bits per heavy atom. The Morgan fingerprint density at radius 2 is 1.81 bits per heavy atom. The summed E-state index contributed by atoms with van der Waals surface area (Å²) in [6.45, 7) is 3.04. The highest BCUT2D eigenvalue weighted by Gasteiger charge is 2.31. The number of halogens is 4. The molecule has 4 rings (SSSR count). The van der Waals surface area contributed by atoms with E-state index >= 15 is 4.39 Å². The molecule has 0 spiro atoms. The first-order valence-electron chi connectivity index (χ1n) is 8.25. The van der Waals surface area contributed by atoms with Crippen molar-refractivity contribution in [3.05, 3.63) is 41.1 Å². The maximum absolute atomic E-state index is 15.3. The molecule has 3 aromatic rings. The lowest BCUT2D eigenvalue weighted by atomic mass is 9.98. The van der Waals surface area contributed by atoms with E-state index in [0.717, 1.165) is 12.8 Å². The highest BCUT2D eigenvalue weighted by atomic mass is 35.5. The molecular formula is C17H15ClF3N5. The Kier molecular flexibility index (Phi) is 4.22. The molecule has 0 unspecified atom stereocenters. The lowest BCUT2D eigenvalue weighted by Gasteiger charge is -2.33. The van der Waals surface area contributed by atoms with Crippen molar-refractivity contribution in [2.45, 2.75) is 19.8 Å². The predicted molar refractivity (Wildman–Crippen MR) is 91.7 cm³/mol. The van der Waals surface area contributed by atoms with Gasteiger partial charge < -0.3 is 4.90 Å². The largest absolute Gasteiger partial charge is 0.367 e. The molecule has 0 aliphatic carbocycles. The number of piperidine rings is 1. The number of anilines is 1. The van der Waals surface area contributed by atoms with Crippen LogP contribution in [0.1, 0.15) is 19.8 Å². The van der Waals surface area contributed by atoms with E-state index in [4.69, 9.17) is 11.6 Å². The first-order chi connectivity index (χ1) is 12.5. The zero-order chi connectivity index (χ0) is 18.4. The summed E-state index contributed by atoms with van der Waals surface area (Å²) in [5.74, 6) is -2.59. The number of rotatable bonds is 2. The molecule has 3 heterocycles. The van der Waals surface area contributed by atoms with Gasteiger partial charge in [0.25, 0.3) is 5.78 Å². The summed E-state index contributed by atoms with van der Waals surface area (Å²) in [6.07, 6.45) is 4.18. The number of hydrogen-bond donors (Lipinski definition) is 0. The smallest absolute Gasteiger partial charge is 0.252 e. The molecule has 1 fully saturated rings. The zero-order valence-corrected chi connectivity index (χ0v) is 14.6. The van der Waals surface area contributed by atoms with Gasteiger partial charge in [0.2, 0.25) is 0 Å². The van der Waals surface area contributed by atoms with Crippen LogP contribution < -0.4 is 4.90 Å². The van der Waals surface area contributed by atoms with E-state index in [9.17, 15) is 8.78 Å². The SMILES string of the molecule is CC1CCN(c2c(F)c(Cl)c(F)c(-c3ccnc4ncnn34)c2F)CC1. The van der Waals surface area contributed by atoms with Gasteiger partial charge in [-0.25, -0.2) is 18.2 Å². The molecule has 5 nitrogen and oxygen atoms in total. The Hall–Kier alpha value is -2.35. The second-order valence-corrected chi connectivity index (χ2v) is 6.83. The first kappa shape index (κ1) is 17.1.